The van der Waals surface area contributed by atoms with E-state index in [-0.39, 0.29) is 0 Å². The molecule has 1 aliphatic rings. The minimum Gasteiger partial charge on any atom is -0.495 e. The molecule has 0 aliphatic carbocycles. The maximum atomic E-state index is 12.8. The number of amides is 1. The van der Waals surface area contributed by atoms with Gasteiger partial charge in [0.25, 0.3) is 0 Å². The molecule has 0 bridgehead atoms. The Morgan fingerprint density at radius 2 is 1.82 bits per heavy atom. The molecule has 2 aromatic carbocycles. The predicted molar refractivity (Wildman–Crippen MR) is 106 cm³/mol. The van der Waals surface area contributed by atoms with E-state index in [2.05, 4.69) is 5.32 Å². The molecule has 2 aromatic rings. The number of rotatable bonds is 6. The van der Waals surface area contributed by atoms with E-state index >= 15 is 0 Å². The average Bonchev–Trinajstić information content (AvgIpc) is 2.67. The zero-order valence-corrected chi connectivity index (χ0v) is 16.7. The van der Waals surface area contributed by atoms with E-state index in [1.807, 2.05) is 0 Å². The lowest BCUT2D eigenvalue weighted by atomic mass is 10.2. The second-order valence-corrected chi connectivity index (χ2v) is 8.11. The van der Waals surface area contributed by atoms with Gasteiger partial charge in [-0.25, -0.2) is 8.42 Å². The van der Waals surface area contributed by atoms with Crippen molar-refractivity contribution < 1.29 is 27.4 Å². The summed E-state index contributed by atoms with van der Waals surface area (Å²) in [6.45, 7) is 2.32. The number of carbonyl (C=O) groups excluding carboxylic acids is 1. The first kappa shape index (κ1) is 19.8. The highest BCUT2D eigenvalue weighted by Gasteiger charge is 2.30. The van der Waals surface area contributed by atoms with Crippen molar-refractivity contribution in [1.82, 2.24) is 0 Å². The fourth-order valence-electron chi connectivity index (χ4n) is 2.96. The quantitative estimate of drug-likeness (QED) is 0.791. The number of hydrogen-bond donors (Lipinski definition) is 1. The number of benzene rings is 2. The van der Waals surface area contributed by atoms with Crippen LogP contribution < -0.4 is 23.8 Å². The van der Waals surface area contributed by atoms with Crippen molar-refractivity contribution in [1.29, 1.82) is 0 Å². The van der Waals surface area contributed by atoms with Crippen LogP contribution in [0.25, 0.3) is 0 Å². The van der Waals surface area contributed by atoms with Gasteiger partial charge in [0.1, 0.15) is 25.0 Å². The number of anilines is 2. The summed E-state index contributed by atoms with van der Waals surface area (Å²) in [5.74, 6) is 0.961. The van der Waals surface area contributed by atoms with Crippen LogP contribution in [0.3, 0.4) is 0 Å². The van der Waals surface area contributed by atoms with Crippen molar-refractivity contribution in [2.45, 2.75) is 13.0 Å². The highest BCUT2D eigenvalue weighted by molar-refractivity contribution is 7.92. The molecule has 150 valence electrons. The third-order valence-corrected chi connectivity index (χ3v) is 5.48. The number of para-hydroxylation sites is 2. The van der Waals surface area contributed by atoms with Gasteiger partial charge in [0.05, 0.1) is 24.7 Å². The first-order valence-corrected chi connectivity index (χ1v) is 10.5. The predicted octanol–water partition coefficient (Wildman–Crippen LogP) is 2.26. The first-order valence-electron chi connectivity index (χ1n) is 8.64. The topological polar surface area (TPSA) is 94.2 Å². The Morgan fingerprint density at radius 1 is 1.14 bits per heavy atom. The zero-order valence-electron chi connectivity index (χ0n) is 15.8. The van der Waals surface area contributed by atoms with Gasteiger partial charge in [0.15, 0.2) is 11.5 Å². The van der Waals surface area contributed by atoms with Crippen LogP contribution in [0.2, 0.25) is 0 Å². The first-order chi connectivity index (χ1) is 13.3. The molecule has 0 unspecified atom stereocenters. The molecule has 3 rings (SSSR count). The Labute approximate surface area is 164 Å². The molecular formula is C19H22N2O6S. The SMILES string of the molecule is COc1ccccc1NC(=O)[C@@H](C)N(c1ccc2c(c1)OCCO2)S(C)(=O)=O. The molecule has 0 fully saturated rings. The largest absolute Gasteiger partial charge is 0.495 e. The Balaban J connectivity index is 1.90. The molecule has 28 heavy (non-hydrogen) atoms. The van der Waals surface area contributed by atoms with Crippen molar-refractivity contribution in [3.05, 3.63) is 42.5 Å². The molecule has 1 atom stereocenters. The monoisotopic (exact) mass is 406 g/mol. The minimum atomic E-state index is -3.75. The highest BCUT2D eigenvalue weighted by atomic mass is 32.2. The Bertz CT molecular complexity index is 976. The third kappa shape index (κ3) is 4.14. The fourth-order valence-corrected chi connectivity index (χ4v) is 4.13. The third-order valence-electron chi connectivity index (χ3n) is 4.23. The molecule has 0 saturated carbocycles. The maximum Gasteiger partial charge on any atom is 0.248 e. The summed E-state index contributed by atoms with van der Waals surface area (Å²) in [5, 5.41) is 2.72. The molecular weight excluding hydrogens is 384 g/mol. The number of nitrogens with one attached hydrogen (secondary N) is 1. The second-order valence-electron chi connectivity index (χ2n) is 6.25. The number of fused-ring (bicyclic) bond motifs is 1. The Morgan fingerprint density at radius 3 is 2.50 bits per heavy atom. The van der Waals surface area contributed by atoms with Crippen molar-refractivity contribution in [3.63, 3.8) is 0 Å². The smallest absolute Gasteiger partial charge is 0.248 e. The van der Waals surface area contributed by atoms with E-state index in [4.69, 9.17) is 14.2 Å². The van der Waals surface area contributed by atoms with Crippen LogP contribution in [0.15, 0.2) is 42.5 Å². The van der Waals surface area contributed by atoms with E-state index in [1.54, 1.807) is 42.5 Å². The number of methoxy groups -OCH3 is 1. The normalized spacial score (nSPS) is 14.1. The molecule has 0 radical (unpaired) electrons. The van der Waals surface area contributed by atoms with E-state index < -0.39 is 22.0 Å². The molecule has 1 heterocycles. The van der Waals surface area contributed by atoms with Crippen molar-refractivity contribution >= 4 is 27.3 Å². The number of ether oxygens (including phenoxy) is 3. The minimum absolute atomic E-state index is 0.314. The van der Waals surface area contributed by atoms with Gasteiger partial charge in [-0.05, 0) is 31.2 Å². The lowest BCUT2D eigenvalue weighted by Gasteiger charge is -2.29. The number of hydrogen-bond acceptors (Lipinski definition) is 6. The maximum absolute atomic E-state index is 12.8. The van der Waals surface area contributed by atoms with Crippen LogP contribution in [0.5, 0.6) is 17.2 Å². The van der Waals surface area contributed by atoms with Crippen LogP contribution in [-0.2, 0) is 14.8 Å². The molecule has 0 spiro atoms. The number of carbonyl (C=O) groups is 1. The van der Waals surface area contributed by atoms with E-state index in [0.717, 1.165) is 10.6 Å². The van der Waals surface area contributed by atoms with Crippen molar-refractivity contribution in [2.75, 3.05) is 36.2 Å². The molecule has 1 N–H and O–H groups in total. The van der Waals surface area contributed by atoms with Crippen molar-refractivity contribution in [3.8, 4) is 17.2 Å². The van der Waals surface area contributed by atoms with Gasteiger partial charge in [-0.3, -0.25) is 9.10 Å². The van der Waals surface area contributed by atoms with E-state index in [1.165, 1.54) is 14.0 Å². The summed E-state index contributed by atoms with van der Waals surface area (Å²) in [6, 6.07) is 10.7. The summed E-state index contributed by atoms with van der Waals surface area (Å²) in [7, 11) is -2.26. The average molecular weight is 406 g/mol. The van der Waals surface area contributed by atoms with Crippen LogP contribution in [0, 0.1) is 0 Å². The van der Waals surface area contributed by atoms with E-state index in [9.17, 15) is 13.2 Å². The fraction of sp³-hybridized carbons (Fsp3) is 0.316. The second kappa shape index (κ2) is 7.97. The van der Waals surface area contributed by atoms with Gasteiger partial charge >= 0.3 is 0 Å². The lowest BCUT2D eigenvalue weighted by molar-refractivity contribution is -0.116. The molecule has 0 aromatic heterocycles. The number of sulfonamides is 1. The van der Waals surface area contributed by atoms with Crippen molar-refractivity contribution in [2.24, 2.45) is 0 Å². The van der Waals surface area contributed by atoms with Gasteiger partial charge in [-0.15, -0.1) is 0 Å². The highest BCUT2D eigenvalue weighted by Crippen LogP contribution is 2.35. The standard InChI is InChI=1S/C19H22N2O6S/c1-13(19(22)20-15-6-4-5-7-16(15)25-2)21(28(3,23)24)14-8-9-17-18(12-14)27-11-10-26-17/h4-9,12-13H,10-11H2,1-3H3,(H,20,22)/t13-/m1/s1. The summed E-state index contributed by atoms with van der Waals surface area (Å²) in [6.07, 6.45) is 1.05. The summed E-state index contributed by atoms with van der Waals surface area (Å²) in [4.78, 5) is 12.8. The Kier molecular flexibility index (Phi) is 5.64. The van der Waals surface area contributed by atoms with Crippen LogP contribution in [0.4, 0.5) is 11.4 Å². The summed E-state index contributed by atoms with van der Waals surface area (Å²) in [5.41, 5.74) is 0.770. The van der Waals surface area contributed by atoms with Gasteiger partial charge in [0.2, 0.25) is 15.9 Å². The van der Waals surface area contributed by atoms with Crippen LogP contribution >= 0.6 is 0 Å². The van der Waals surface area contributed by atoms with Gasteiger partial charge < -0.3 is 19.5 Å². The molecule has 9 heteroatoms. The van der Waals surface area contributed by atoms with Gasteiger partial charge in [-0.2, -0.15) is 0 Å². The van der Waals surface area contributed by atoms with E-state index in [0.29, 0.717) is 41.8 Å². The molecule has 8 nitrogen and oxygen atoms in total. The summed E-state index contributed by atoms with van der Waals surface area (Å²) >= 11 is 0. The van der Waals surface area contributed by atoms with Crippen LogP contribution in [-0.4, -0.2) is 46.9 Å². The van der Waals surface area contributed by atoms with Gasteiger partial charge in [-0.1, -0.05) is 12.1 Å². The Hall–Kier alpha value is -2.94. The van der Waals surface area contributed by atoms with Gasteiger partial charge in [0, 0.05) is 6.07 Å². The number of nitrogens with zero attached hydrogens (tertiary/aromatic N) is 1. The lowest BCUT2D eigenvalue weighted by Crippen LogP contribution is -2.45. The zero-order chi connectivity index (χ0) is 20.3. The molecule has 1 aliphatic heterocycles. The molecule has 0 saturated heterocycles. The summed E-state index contributed by atoms with van der Waals surface area (Å²) < 4.78 is 42.2. The van der Waals surface area contributed by atoms with Crippen LogP contribution in [0.1, 0.15) is 6.92 Å². The molecule has 1 amide bonds.